The Balaban J connectivity index is 1.46. The third-order valence-corrected chi connectivity index (χ3v) is 5.27. The van der Waals surface area contributed by atoms with Crippen LogP contribution in [0.1, 0.15) is 21.5 Å². The van der Waals surface area contributed by atoms with Crippen LogP contribution in [0.4, 0.5) is 0 Å². The summed E-state index contributed by atoms with van der Waals surface area (Å²) in [4.78, 5) is 29.8. The number of methoxy groups -OCH3 is 1. The minimum atomic E-state index is -0.568. The first kappa shape index (κ1) is 22.0. The van der Waals surface area contributed by atoms with Gasteiger partial charge < -0.3 is 14.8 Å². The summed E-state index contributed by atoms with van der Waals surface area (Å²) in [6.07, 6.45) is 0. The number of esters is 1. The summed E-state index contributed by atoms with van der Waals surface area (Å²) in [6, 6.07) is 24.4. The van der Waals surface area contributed by atoms with Gasteiger partial charge in [0.1, 0.15) is 5.75 Å². The van der Waals surface area contributed by atoms with E-state index in [2.05, 4.69) is 5.32 Å². The largest absolute Gasteiger partial charge is 0.497 e. The second kappa shape index (κ2) is 9.96. The van der Waals surface area contributed by atoms with Crippen molar-refractivity contribution < 1.29 is 19.1 Å². The van der Waals surface area contributed by atoms with E-state index in [1.54, 1.807) is 13.2 Å². The minimum absolute atomic E-state index is 0.330. The van der Waals surface area contributed by atoms with Crippen molar-refractivity contribution in [3.63, 3.8) is 0 Å². The van der Waals surface area contributed by atoms with Crippen LogP contribution in [0.3, 0.4) is 0 Å². The predicted molar refractivity (Wildman–Crippen MR) is 127 cm³/mol. The lowest BCUT2D eigenvalue weighted by Gasteiger charge is -2.11. The van der Waals surface area contributed by atoms with Crippen LogP contribution in [-0.2, 0) is 16.1 Å². The van der Waals surface area contributed by atoms with Gasteiger partial charge in [0.15, 0.2) is 6.61 Å². The molecule has 0 saturated heterocycles. The Bertz CT molecular complexity index is 1280. The molecule has 0 aliphatic heterocycles. The number of aryl methyl sites for hydroxylation is 1. The van der Waals surface area contributed by atoms with Gasteiger partial charge in [0.25, 0.3) is 5.91 Å². The number of nitrogens with one attached hydrogen (secondary N) is 1. The number of rotatable bonds is 7. The zero-order valence-electron chi connectivity index (χ0n) is 18.5. The van der Waals surface area contributed by atoms with E-state index >= 15 is 0 Å². The molecule has 1 aromatic heterocycles. The van der Waals surface area contributed by atoms with Gasteiger partial charge in [-0.05, 0) is 36.8 Å². The highest BCUT2D eigenvalue weighted by Crippen LogP contribution is 2.25. The van der Waals surface area contributed by atoms with E-state index in [1.807, 2.05) is 79.7 Å². The number of hydrogen-bond acceptors (Lipinski definition) is 5. The number of pyridine rings is 1. The Morgan fingerprint density at radius 1 is 0.939 bits per heavy atom. The van der Waals surface area contributed by atoms with E-state index < -0.39 is 5.97 Å². The average Bonchev–Trinajstić information content (AvgIpc) is 2.86. The molecule has 1 N–H and O–H groups in total. The van der Waals surface area contributed by atoms with E-state index in [0.29, 0.717) is 28.7 Å². The van der Waals surface area contributed by atoms with E-state index in [9.17, 15) is 9.59 Å². The Labute approximate surface area is 192 Å². The van der Waals surface area contributed by atoms with Crippen molar-refractivity contribution in [2.75, 3.05) is 13.7 Å². The summed E-state index contributed by atoms with van der Waals surface area (Å²) in [7, 11) is 1.60. The van der Waals surface area contributed by atoms with Crippen molar-refractivity contribution in [1.82, 2.24) is 10.3 Å². The second-order valence-electron chi connectivity index (χ2n) is 7.64. The smallest absolute Gasteiger partial charge is 0.339 e. The molecular formula is C27H24N2O4. The molecule has 1 amide bonds. The summed E-state index contributed by atoms with van der Waals surface area (Å²) >= 11 is 0. The number of ether oxygens (including phenoxy) is 2. The Morgan fingerprint density at radius 3 is 2.39 bits per heavy atom. The highest BCUT2D eigenvalue weighted by Gasteiger charge is 2.16. The van der Waals surface area contributed by atoms with Crippen LogP contribution in [0.25, 0.3) is 22.2 Å². The number of amides is 1. The van der Waals surface area contributed by atoms with Gasteiger partial charge in [0.2, 0.25) is 0 Å². The molecule has 0 atom stereocenters. The molecule has 0 bridgehead atoms. The van der Waals surface area contributed by atoms with Crippen LogP contribution >= 0.6 is 0 Å². The van der Waals surface area contributed by atoms with Gasteiger partial charge in [-0.3, -0.25) is 4.79 Å². The van der Waals surface area contributed by atoms with Gasteiger partial charge in [-0.25, -0.2) is 9.78 Å². The molecule has 0 aliphatic carbocycles. The topological polar surface area (TPSA) is 77.5 Å². The van der Waals surface area contributed by atoms with Gasteiger partial charge in [0, 0.05) is 17.5 Å². The van der Waals surface area contributed by atoms with Crippen molar-refractivity contribution in [2.45, 2.75) is 13.5 Å². The van der Waals surface area contributed by atoms with Crippen LogP contribution in [0.5, 0.6) is 5.75 Å². The number of aromatic nitrogens is 1. The summed E-state index contributed by atoms with van der Waals surface area (Å²) < 4.78 is 10.5. The summed E-state index contributed by atoms with van der Waals surface area (Å²) in [5.74, 6) is -0.202. The lowest BCUT2D eigenvalue weighted by Crippen LogP contribution is -2.28. The number of nitrogens with zero attached hydrogens (tertiary/aromatic N) is 1. The third kappa shape index (κ3) is 5.36. The van der Waals surface area contributed by atoms with Crippen molar-refractivity contribution in [1.29, 1.82) is 0 Å². The maximum Gasteiger partial charge on any atom is 0.339 e. The predicted octanol–water partition coefficient (Wildman–Crippen LogP) is 4.69. The van der Waals surface area contributed by atoms with Gasteiger partial charge in [-0.15, -0.1) is 0 Å². The molecule has 6 nitrogen and oxygen atoms in total. The molecular weight excluding hydrogens is 416 g/mol. The van der Waals surface area contributed by atoms with Crippen molar-refractivity contribution in [3.8, 4) is 17.0 Å². The highest BCUT2D eigenvalue weighted by atomic mass is 16.5. The number of carbonyl (C=O) groups excluding carboxylic acids is 2. The van der Waals surface area contributed by atoms with E-state index in [0.717, 1.165) is 22.4 Å². The van der Waals surface area contributed by atoms with E-state index in [4.69, 9.17) is 14.5 Å². The Hall–Kier alpha value is -4.19. The lowest BCUT2D eigenvalue weighted by atomic mass is 10.0. The number of para-hydroxylation sites is 1. The van der Waals surface area contributed by atoms with Crippen LogP contribution in [0, 0.1) is 6.92 Å². The summed E-state index contributed by atoms with van der Waals surface area (Å²) in [6.45, 7) is 1.97. The van der Waals surface area contributed by atoms with Crippen molar-refractivity contribution in [2.24, 2.45) is 0 Å². The summed E-state index contributed by atoms with van der Waals surface area (Å²) in [5, 5.41) is 3.43. The standard InChI is InChI=1S/C27H24N2O4/c1-18-7-11-20(12-8-18)25-15-23(22-5-3-4-6-24(22)29-25)27(31)33-17-26(30)28-16-19-9-13-21(32-2)14-10-19/h3-15H,16-17H2,1-2H3,(H,28,30). The maximum atomic E-state index is 12.9. The molecule has 0 spiro atoms. The molecule has 166 valence electrons. The molecule has 0 unspecified atom stereocenters. The molecule has 6 heteroatoms. The molecule has 3 aromatic carbocycles. The van der Waals surface area contributed by atoms with Crippen molar-refractivity contribution >= 4 is 22.8 Å². The molecule has 0 aliphatic rings. The zero-order chi connectivity index (χ0) is 23.2. The minimum Gasteiger partial charge on any atom is -0.497 e. The van der Waals surface area contributed by atoms with E-state index in [-0.39, 0.29) is 12.5 Å². The number of hydrogen-bond donors (Lipinski definition) is 1. The molecule has 0 saturated carbocycles. The molecule has 33 heavy (non-hydrogen) atoms. The SMILES string of the molecule is COc1ccc(CNC(=O)COC(=O)c2cc(-c3ccc(C)cc3)nc3ccccc23)cc1. The first-order chi connectivity index (χ1) is 16.0. The van der Waals surface area contributed by atoms with Gasteiger partial charge >= 0.3 is 5.97 Å². The molecule has 0 fully saturated rings. The number of carbonyl (C=O) groups is 2. The highest BCUT2D eigenvalue weighted by molar-refractivity contribution is 6.05. The zero-order valence-corrected chi connectivity index (χ0v) is 18.5. The monoisotopic (exact) mass is 440 g/mol. The second-order valence-corrected chi connectivity index (χ2v) is 7.64. The van der Waals surface area contributed by atoms with Gasteiger partial charge in [0.05, 0.1) is 23.9 Å². The Kier molecular flexibility index (Phi) is 6.64. The van der Waals surface area contributed by atoms with Crippen LogP contribution in [0.2, 0.25) is 0 Å². The first-order valence-electron chi connectivity index (χ1n) is 10.6. The average molecular weight is 440 g/mol. The molecule has 1 heterocycles. The van der Waals surface area contributed by atoms with Crippen LogP contribution in [-0.4, -0.2) is 30.6 Å². The fourth-order valence-corrected chi connectivity index (χ4v) is 3.42. The number of benzene rings is 3. The molecule has 4 aromatic rings. The molecule has 4 rings (SSSR count). The quantitative estimate of drug-likeness (QED) is 0.422. The third-order valence-electron chi connectivity index (χ3n) is 5.27. The van der Waals surface area contributed by atoms with Crippen LogP contribution < -0.4 is 10.1 Å². The first-order valence-corrected chi connectivity index (χ1v) is 10.6. The summed E-state index contributed by atoms with van der Waals surface area (Å²) in [5.41, 5.74) is 4.69. The van der Waals surface area contributed by atoms with Crippen LogP contribution in [0.15, 0.2) is 78.9 Å². The van der Waals surface area contributed by atoms with E-state index in [1.165, 1.54) is 0 Å². The lowest BCUT2D eigenvalue weighted by molar-refractivity contribution is -0.124. The number of fused-ring (bicyclic) bond motifs is 1. The fourth-order valence-electron chi connectivity index (χ4n) is 3.42. The molecule has 0 radical (unpaired) electrons. The van der Waals surface area contributed by atoms with Gasteiger partial charge in [-0.2, -0.15) is 0 Å². The fraction of sp³-hybridized carbons (Fsp3) is 0.148. The normalized spacial score (nSPS) is 10.6. The van der Waals surface area contributed by atoms with Crippen molar-refractivity contribution in [3.05, 3.63) is 95.6 Å². The maximum absolute atomic E-state index is 12.9. The van der Waals surface area contributed by atoms with Gasteiger partial charge in [-0.1, -0.05) is 60.2 Å². The Morgan fingerprint density at radius 2 is 1.67 bits per heavy atom.